The number of rotatable bonds is 4. The molecule has 0 spiro atoms. The molecular weight excluding hydrogens is 314 g/mol. The molecule has 1 N–H and O–H groups in total. The minimum Gasteiger partial charge on any atom is -0.497 e. The van der Waals surface area contributed by atoms with Gasteiger partial charge in [0.1, 0.15) is 17.0 Å². The third kappa shape index (κ3) is 2.95. The molecule has 6 nitrogen and oxygen atoms in total. The first kappa shape index (κ1) is 15.2. The van der Waals surface area contributed by atoms with Crippen LogP contribution in [0.1, 0.15) is 0 Å². The summed E-state index contributed by atoms with van der Waals surface area (Å²) in [6, 6.07) is 9.50. The molecule has 23 heavy (non-hydrogen) atoms. The van der Waals surface area contributed by atoms with Crippen LogP contribution in [0.25, 0.3) is 20.7 Å². The molecule has 3 rings (SSSR count). The standard InChI is InChI=1S/C16H15N3O3S/c1-17-14(20)8-19-9-18-12-7-13(23-15(12)16(19)21)10-3-5-11(22-2)6-4-10/h3-7,9H,8H2,1-2H3,(H,17,20). The van der Waals surface area contributed by atoms with Crippen molar-refractivity contribution in [2.24, 2.45) is 0 Å². The highest BCUT2D eigenvalue weighted by molar-refractivity contribution is 7.22. The minimum absolute atomic E-state index is 0.0337. The molecule has 0 aliphatic rings. The molecule has 0 saturated carbocycles. The Morgan fingerprint density at radius 1 is 1.35 bits per heavy atom. The molecule has 0 saturated heterocycles. The van der Waals surface area contributed by atoms with Crippen LogP contribution in [0.15, 0.2) is 41.5 Å². The van der Waals surface area contributed by atoms with Gasteiger partial charge in [-0.1, -0.05) is 0 Å². The van der Waals surface area contributed by atoms with Crippen molar-refractivity contribution < 1.29 is 9.53 Å². The van der Waals surface area contributed by atoms with Gasteiger partial charge in [0, 0.05) is 11.9 Å². The molecule has 0 atom stereocenters. The molecule has 2 aromatic heterocycles. The second kappa shape index (κ2) is 6.21. The Morgan fingerprint density at radius 2 is 2.09 bits per heavy atom. The zero-order valence-electron chi connectivity index (χ0n) is 12.7. The van der Waals surface area contributed by atoms with Crippen LogP contribution >= 0.6 is 11.3 Å². The van der Waals surface area contributed by atoms with Crippen LogP contribution in [-0.4, -0.2) is 29.6 Å². The van der Waals surface area contributed by atoms with Gasteiger partial charge in [0.2, 0.25) is 5.91 Å². The van der Waals surface area contributed by atoms with Gasteiger partial charge in [-0.05, 0) is 35.9 Å². The van der Waals surface area contributed by atoms with Gasteiger partial charge in [-0.3, -0.25) is 14.2 Å². The van der Waals surface area contributed by atoms with E-state index in [1.165, 1.54) is 29.3 Å². The van der Waals surface area contributed by atoms with E-state index >= 15 is 0 Å². The first-order chi connectivity index (χ1) is 11.1. The fraction of sp³-hybridized carbons (Fsp3) is 0.188. The maximum absolute atomic E-state index is 12.5. The number of methoxy groups -OCH3 is 1. The van der Waals surface area contributed by atoms with Crippen molar-refractivity contribution in [2.45, 2.75) is 6.54 Å². The molecule has 0 aliphatic carbocycles. The lowest BCUT2D eigenvalue weighted by molar-refractivity contribution is -0.121. The van der Waals surface area contributed by atoms with Crippen molar-refractivity contribution in [3.05, 3.63) is 47.0 Å². The Balaban J connectivity index is 2.02. The highest BCUT2D eigenvalue weighted by Crippen LogP contribution is 2.31. The summed E-state index contributed by atoms with van der Waals surface area (Å²) < 4.78 is 7.00. The van der Waals surface area contributed by atoms with Gasteiger partial charge >= 0.3 is 0 Å². The minimum atomic E-state index is -0.236. The third-order valence-electron chi connectivity index (χ3n) is 3.47. The van der Waals surface area contributed by atoms with Crippen LogP contribution in [0.5, 0.6) is 5.75 Å². The monoisotopic (exact) mass is 329 g/mol. The Labute approximate surface area is 136 Å². The van der Waals surface area contributed by atoms with Crippen molar-refractivity contribution in [3.63, 3.8) is 0 Å². The molecule has 3 aromatic rings. The van der Waals surface area contributed by atoms with E-state index in [0.29, 0.717) is 10.2 Å². The first-order valence-corrected chi connectivity index (χ1v) is 7.78. The highest BCUT2D eigenvalue weighted by atomic mass is 32.1. The molecule has 0 fully saturated rings. The van der Waals surface area contributed by atoms with E-state index < -0.39 is 0 Å². The predicted molar refractivity (Wildman–Crippen MR) is 89.9 cm³/mol. The van der Waals surface area contributed by atoms with Crippen LogP contribution in [0.3, 0.4) is 0 Å². The molecule has 118 valence electrons. The fourth-order valence-corrected chi connectivity index (χ4v) is 3.25. The quantitative estimate of drug-likeness (QED) is 0.793. The van der Waals surface area contributed by atoms with E-state index in [4.69, 9.17) is 4.74 Å². The molecule has 1 aromatic carbocycles. The van der Waals surface area contributed by atoms with Crippen molar-refractivity contribution >= 4 is 27.5 Å². The number of benzene rings is 1. The summed E-state index contributed by atoms with van der Waals surface area (Å²) in [6.45, 7) is -0.0337. The van der Waals surface area contributed by atoms with E-state index in [-0.39, 0.29) is 18.0 Å². The molecule has 0 bridgehead atoms. The average Bonchev–Trinajstić information content (AvgIpc) is 3.02. The fourth-order valence-electron chi connectivity index (χ4n) is 2.19. The summed E-state index contributed by atoms with van der Waals surface area (Å²) in [5.41, 5.74) is 1.42. The van der Waals surface area contributed by atoms with Gasteiger partial charge < -0.3 is 10.1 Å². The topological polar surface area (TPSA) is 73.2 Å². The number of amides is 1. The Bertz CT molecular complexity index is 912. The van der Waals surface area contributed by atoms with E-state index in [9.17, 15) is 9.59 Å². The lowest BCUT2D eigenvalue weighted by atomic mass is 10.2. The maximum atomic E-state index is 12.5. The first-order valence-electron chi connectivity index (χ1n) is 6.96. The number of hydrogen-bond acceptors (Lipinski definition) is 5. The molecule has 0 radical (unpaired) electrons. The van der Waals surface area contributed by atoms with Gasteiger partial charge in [-0.2, -0.15) is 0 Å². The second-order valence-corrected chi connectivity index (χ2v) is 5.96. The largest absolute Gasteiger partial charge is 0.497 e. The van der Waals surface area contributed by atoms with Gasteiger partial charge in [-0.25, -0.2) is 4.98 Å². The predicted octanol–water partition coefficient (Wildman–Crippen LogP) is 1.88. The third-order valence-corrected chi connectivity index (χ3v) is 4.63. The number of aromatic nitrogens is 2. The molecule has 0 unspecified atom stereocenters. The summed E-state index contributed by atoms with van der Waals surface area (Å²) in [5.74, 6) is 0.543. The number of ether oxygens (including phenoxy) is 1. The van der Waals surface area contributed by atoms with Gasteiger partial charge in [0.15, 0.2) is 0 Å². The van der Waals surface area contributed by atoms with Crippen LogP contribution in [-0.2, 0) is 11.3 Å². The van der Waals surface area contributed by atoms with Crippen molar-refractivity contribution in [2.75, 3.05) is 14.2 Å². The number of thiophene rings is 1. The van der Waals surface area contributed by atoms with Crippen LogP contribution in [0.4, 0.5) is 0 Å². The van der Waals surface area contributed by atoms with Crippen LogP contribution < -0.4 is 15.6 Å². The van der Waals surface area contributed by atoms with Crippen molar-refractivity contribution in [1.29, 1.82) is 0 Å². The summed E-state index contributed by atoms with van der Waals surface area (Å²) in [4.78, 5) is 29.1. The SMILES string of the molecule is CNC(=O)Cn1cnc2cc(-c3ccc(OC)cc3)sc2c1=O. The normalized spacial score (nSPS) is 10.7. The molecule has 0 aliphatic heterocycles. The van der Waals surface area contributed by atoms with E-state index in [2.05, 4.69) is 10.3 Å². The van der Waals surface area contributed by atoms with Gasteiger partial charge in [-0.15, -0.1) is 11.3 Å². The number of likely N-dealkylation sites (N-methyl/N-ethyl adjacent to an activating group) is 1. The number of carbonyl (C=O) groups excluding carboxylic acids is 1. The zero-order chi connectivity index (χ0) is 16.4. The average molecular weight is 329 g/mol. The Hall–Kier alpha value is -2.67. The number of carbonyl (C=O) groups is 1. The maximum Gasteiger partial charge on any atom is 0.271 e. The van der Waals surface area contributed by atoms with Crippen molar-refractivity contribution in [3.8, 4) is 16.2 Å². The number of nitrogens with zero attached hydrogens (tertiary/aromatic N) is 2. The van der Waals surface area contributed by atoms with Crippen LogP contribution in [0, 0.1) is 0 Å². The van der Waals surface area contributed by atoms with Crippen LogP contribution in [0.2, 0.25) is 0 Å². The van der Waals surface area contributed by atoms with E-state index in [1.807, 2.05) is 30.3 Å². The number of fused-ring (bicyclic) bond motifs is 1. The van der Waals surface area contributed by atoms with Crippen molar-refractivity contribution in [1.82, 2.24) is 14.9 Å². The molecule has 2 heterocycles. The Morgan fingerprint density at radius 3 is 2.74 bits per heavy atom. The Kier molecular flexibility index (Phi) is 4.12. The molecule has 7 heteroatoms. The summed E-state index contributed by atoms with van der Waals surface area (Å²) in [6.07, 6.45) is 1.41. The smallest absolute Gasteiger partial charge is 0.271 e. The van der Waals surface area contributed by atoms with E-state index in [0.717, 1.165) is 16.2 Å². The summed E-state index contributed by atoms with van der Waals surface area (Å²) in [5, 5.41) is 2.50. The number of nitrogens with one attached hydrogen (secondary N) is 1. The second-order valence-electron chi connectivity index (χ2n) is 4.90. The van der Waals surface area contributed by atoms with Gasteiger partial charge in [0.05, 0.1) is 19.0 Å². The van der Waals surface area contributed by atoms with E-state index in [1.54, 1.807) is 7.11 Å². The summed E-state index contributed by atoms with van der Waals surface area (Å²) in [7, 11) is 3.15. The lowest BCUT2D eigenvalue weighted by Gasteiger charge is -2.02. The molecular formula is C16H15N3O3S. The zero-order valence-corrected chi connectivity index (χ0v) is 13.5. The number of hydrogen-bond donors (Lipinski definition) is 1. The molecule has 1 amide bonds. The highest BCUT2D eigenvalue weighted by Gasteiger charge is 2.12. The summed E-state index contributed by atoms with van der Waals surface area (Å²) >= 11 is 1.37. The lowest BCUT2D eigenvalue weighted by Crippen LogP contribution is -2.29. The van der Waals surface area contributed by atoms with Gasteiger partial charge in [0.25, 0.3) is 5.56 Å².